The number of rotatable bonds is 5. The van der Waals surface area contributed by atoms with Crippen LogP contribution in [-0.4, -0.2) is 21.2 Å². The van der Waals surface area contributed by atoms with Crippen molar-refractivity contribution in [3.05, 3.63) is 42.2 Å². The topological polar surface area (TPSA) is 76.4 Å². The highest BCUT2D eigenvalue weighted by Crippen LogP contribution is 2.28. The zero-order valence-electron chi connectivity index (χ0n) is 10.3. The predicted octanol–water partition coefficient (Wildman–Crippen LogP) is 2.06. The number of carbonyl (C=O) groups excluding carboxylic acids is 1. The third-order valence-corrected chi connectivity index (χ3v) is 4.01. The molecule has 19 heavy (non-hydrogen) atoms. The molecular weight excluding hydrogens is 266 g/mol. The molecule has 0 spiro atoms. The van der Waals surface area contributed by atoms with Gasteiger partial charge in [-0.3, -0.25) is 4.79 Å². The molecule has 0 amide bonds. The molecule has 6 heteroatoms. The Bertz CT molecular complexity index is 688. The van der Waals surface area contributed by atoms with Crippen LogP contribution in [0.2, 0.25) is 0 Å². The van der Waals surface area contributed by atoms with Gasteiger partial charge in [-0.25, -0.2) is 13.1 Å². The van der Waals surface area contributed by atoms with Crippen LogP contribution in [0, 0.1) is 0 Å². The summed E-state index contributed by atoms with van der Waals surface area (Å²) in [6.45, 7) is 1.96. The molecule has 5 nitrogen and oxygen atoms in total. The van der Waals surface area contributed by atoms with Crippen LogP contribution < -0.4 is 4.72 Å². The maximum Gasteiger partial charge on any atom is 0.274 e. The van der Waals surface area contributed by atoms with Gasteiger partial charge >= 0.3 is 0 Å². The van der Waals surface area contributed by atoms with Crippen molar-refractivity contribution in [2.45, 2.75) is 12.0 Å². The third kappa shape index (κ3) is 2.74. The first-order valence-corrected chi connectivity index (χ1v) is 7.19. The molecule has 2 rings (SSSR count). The molecule has 1 aromatic carbocycles. The average molecular weight is 279 g/mol. The van der Waals surface area contributed by atoms with Crippen LogP contribution in [0.1, 0.15) is 17.3 Å². The zero-order chi connectivity index (χ0) is 13.9. The van der Waals surface area contributed by atoms with Gasteiger partial charge in [-0.1, -0.05) is 25.1 Å². The Kier molecular flexibility index (Phi) is 3.82. The number of carbonyl (C=O) groups is 1. The van der Waals surface area contributed by atoms with Crippen LogP contribution in [-0.2, 0) is 10.0 Å². The molecular formula is C13H13NO4S. The Morgan fingerprint density at radius 2 is 2.11 bits per heavy atom. The molecule has 0 bridgehead atoms. The highest BCUT2D eigenvalue weighted by molar-refractivity contribution is 7.89. The average Bonchev–Trinajstić information content (AvgIpc) is 2.89. The van der Waals surface area contributed by atoms with Crippen molar-refractivity contribution in [3.8, 4) is 11.1 Å². The SMILES string of the molecule is CCNS(=O)(=O)c1occc1-c1cccc(C=O)c1. The lowest BCUT2D eigenvalue weighted by molar-refractivity contribution is 0.112. The van der Waals surface area contributed by atoms with Gasteiger partial charge in [-0.15, -0.1) is 0 Å². The first-order chi connectivity index (χ1) is 9.08. The van der Waals surface area contributed by atoms with Gasteiger partial charge in [0.25, 0.3) is 10.0 Å². The number of nitrogens with one attached hydrogen (secondary N) is 1. The summed E-state index contributed by atoms with van der Waals surface area (Å²) in [5.74, 6) is 0. The molecule has 0 saturated heterocycles. The molecule has 0 aliphatic carbocycles. The van der Waals surface area contributed by atoms with Crippen LogP contribution >= 0.6 is 0 Å². The summed E-state index contributed by atoms with van der Waals surface area (Å²) >= 11 is 0. The zero-order valence-corrected chi connectivity index (χ0v) is 11.1. The third-order valence-electron chi connectivity index (χ3n) is 2.54. The van der Waals surface area contributed by atoms with E-state index in [4.69, 9.17) is 4.42 Å². The molecule has 1 heterocycles. The number of sulfonamides is 1. The quantitative estimate of drug-likeness (QED) is 0.850. The summed E-state index contributed by atoms with van der Waals surface area (Å²) in [7, 11) is -3.67. The molecule has 0 atom stereocenters. The standard InChI is InChI=1S/C13H13NO4S/c1-2-14-19(16,17)13-12(6-7-18-13)11-5-3-4-10(8-11)9-15/h3-9,14H,2H2,1H3. The van der Waals surface area contributed by atoms with E-state index in [1.54, 1.807) is 37.3 Å². The summed E-state index contributed by atoms with van der Waals surface area (Å²) in [5, 5.41) is -0.141. The van der Waals surface area contributed by atoms with Crippen molar-refractivity contribution in [2.24, 2.45) is 0 Å². The lowest BCUT2D eigenvalue weighted by atomic mass is 10.1. The molecule has 0 aliphatic heterocycles. The van der Waals surface area contributed by atoms with Crippen LogP contribution in [0.3, 0.4) is 0 Å². The summed E-state index contributed by atoms with van der Waals surface area (Å²) in [5.41, 5.74) is 1.53. The molecule has 0 aliphatic rings. The van der Waals surface area contributed by atoms with Gasteiger partial charge in [-0.05, 0) is 17.7 Å². The van der Waals surface area contributed by atoms with Crippen molar-refractivity contribution in [1.29, 1.82) is 0 Å². The van der Waals surface area contributed by atoms with Gasteiger partial charge in [0.1, 0.15) is 6.29 Å². The number of aldehydes is 1. The summed E-state index contributed by atoms with van der Waals surface area (Å²) in [6, 6.07) is 8.24. The van der Waals surface area contributed by atoms with Crippen LogP contribution in [0.4, 0.5) is 0 Å². The minimum Gasteiger partial charge on any atom is -0.451 e. The van der Waals surface area contributed by atoms with E-state index in [-0.39, 0.29) is 11.6 Å². The Morgan fingerprint density at radius 3 is 2.79 bits per heavy atom. The number of benzene rings is 1. The van der Waals surface area contributed by atoms with Gasteiger partial charge in [-0.2, -0.15) is 0 Å². The lowest BCUT2D eigenvalue weighted by Crippen LogP contribution is -2.23. The van der Waals surface area contributed by atoms with Crippen LogP contribution in [0.15, 0.2) is 46.1 Å². The van der Waals surface area contributed by atoms with Crippen LogP contribution in [0.25, 0.3) is 11.1 Å². The predicted molar refractivity (Wildman–Crippen MR) is 70.4 cm³/mol. The van der Waals surface area contributed by atoms with E-state index < -0.39 is 10.0 Å². The van der Waals surface area contributed by atoms with Crippen molar-refractivity contribution in [3.63, 3.8) is 0 Å². The molecule has 100 valence electrons. The molecule has 0 unspecified atom stereocenters. The Morgan fingerprint density at radius 1 is 1.32 bits per heavy atom. The van der Waals surface area contributed by atoms with Gasteiger partial charge in [0.2, 0.25) is 5.09 Å². The number of hydrogen-bond donors (Lipinski definition) is 1. The number of furan rings is 1. The van der Waals surface area contributed by atoms with Crippen LogP contribution in [0.5, 0.6) is 0 Å². The fourth-order valence-electron chi connectivity index (χ4n) is 1.75. The molecule has 0 fully saturated rings. The lowest BCUT2D eigenvalue weighted by Gasteiger charge is -2.05. The van der Waals surface area contributed by atoms with E-state index in [2.05, 4.69) is 4.72 Å². The fourth-order valence-corrected chi connectivity index (χ4v) is 2.92. The van der Waals surface area contributed by atoms with Gasteiger partial charge < -0.3 is 4.42 Å². The smallest absolute Gasteiger partial charge is 0.274 e. The maximum absolute atomic E-state index is 12.0. The molecule has 0 radical (unpaired) electrons. The van der Waals surface area contributed by atoms with Gasteiger partial charge in [0, 0.05) is 17.7 Å². The van der Waals surface area contributed by atoms with Gasteiger partial charge in [0.05, 0.1) is 6.26 Å². The normalized spacial score (nSPS) is 11.4. The second kappa shape index (κ2) is 5.38. The first-order valence-electron chi connectivity index (χ1n) is 5.71. The minimum absolute atomic E-state index is 0.141. The molecule has 1 N–H and O–H groups in total. The highest BCUT2D eigenvalue weighted by Gasteiger charge is 2.22. The number of hydrogen-bond acceptors (Lipinski definition) is 4. The summed E-state index contributed by atoms with van der Waals surface area (Å²) in [4.78, 5) is 10.8. The van der Waals surface area contributed by atoms with E-state index in [1.807, 2.05) is 0 Å². The van der Waals surface area contributed by atoms with Crippen molar-refractivity contribution in [1.82, 2.24) is 4.72 Å². The maximum atomic E-state index is 12.0. The van der Waals surface area contributed by atoms with Crippen molar-refractivity contribution in [2.75, 3.05) is 6.54 Å². The van der Waals surface area contributed by atoms with E-state index in [9.17, 15) is 13.2 Å². The highest BCUT2D eigenvalue weighted by atomic mass is 32.2. The van der Waals surface area contributed by atoms with E-state index >= 15 is 0 Å². The van der Waals surface area contributed by atoms with Crippen molar-refractivity contribution < 1.29 is 17.6 Å². The second-order valence-corrected chi connectivity index (χ2v) is 5.53. The fraction of sp³-hybridized carbons (Fsp3) is 0.154. The second-order valence-electron chi connectivity index (χ2n) is 3.87. The minimum atomic E-state index is -3.67. The Hall–Kier alpha value is -1.92. The van der Waals surface area contributed by atoms with Crippen molar-refractivity contribution >= 4 is 16.3 Å². The summed E-state index contributed by atoms with van der Waals surface area (Å²) < 4.78 is 31.4. The molecule has 0 saturated carbocycles. The van der Waals surface area contributed by atoms with E-state index in [0.717, 1.165) is 0 Å². The molecule has 1 aromatic heterocycles. The largest absolute Gasteiger partial charge is 0.451 e. The summed E-state index contributed by atoms with van der Waals surface area (Å²) in [6.07, 6.45) is 2.02. The van der Waals surface area contributed by atoms with E-state index in [0.29, 0.717) is 23.0 Å². The van der Waals surface area contributed by atoms with Gasteiger partial charge in [0.15, 0.2) is 0 Å². The Balaban J connectivity index is 2.53. The first kappa shape index (κ1) is 13.5. The van der Waals surface area contributed by atoms with E-state index in [1.165, 1.54) is 6.26 Å². The molecule has 2 aromatic rings. The monoisotopic (exact) mass is 279 g/mol. The Labute approximate surface area is 111 Å².